The molecule has 0 amide bonds. The van der Waals surface area contributed by atoms with Crippen LogP contribution in [0.2, 0.25) is 0 Å². The highest BCUT2D eigenvalue weighted by atomic mass is 16.7. The average Bonchev–Trinajstić information content (AvgIpc) is 2.38. The van der Waals surface area contributed by atoms with Crippen molar-refractivity contribution in [2.75, 3.05) is 0 Å². The van der Waals surface area contributed by atoms with E-state index in [0.29, 0.717) is 0 Å². The van der Waals surface area contributed by atoms with Crippen LogP contribution in [0.25, 0.3) is 0 Å². The molecular formula is C13H13NO6. The molecule has 0 aromatic heterocycles. The van der Waals surface area contributed by atoms with E-state index < -0.39 is 23.2 Å². The summed E-state index contributed by atoms with van der Waals surface area (Å²) in [5.74, 6) is -1.42. The summed E-state index contributed by atoms with van der Waals surface area (Å²) in [4.78, 5) is 32.8. The first-order valence-electron chi connectivity index (χ1n) is 5.63. The number of esters is 2. The Morgan fingerprint density at radius 2 is 1.80 bits per heavy atom. The van der Waals surface area contributed by atoms with Crippen LogP contribution in [0.15, 0.2) is 36.4 Å². The van der Waals surface area contributed by atoms with E-state index in [-0.39, 0.29) is 16.8 Å². The first-order chi connectivity index (χ1) is 9.31. The molecule has 1 rings (SSSR count). The highest BCUT2D eigenvalue weighted by Gasteiger charge is 2.16. The van der Waals surface area contributed by atoms with Crippen LogP contribution in [0, 0.1) is 10.1 Å². The molecule has 0 saturated carbocycles. The van der Waals surface area contributed by atoms with Gasteiger partial charge in [-0.2, -0.15) is 0 Å². The fourth-order valence-corrected chi connectivity index (χ4v) is 1.21. The van der Waals surface area contributed by atoms with Crippen molar-refractivity contribution < 1.29 is 24.0 Å². The third kappa shape index (κ3) is 4.20. The summed E-state index contributed by atoms with van der Waals surface area (Å²) in [5, 5.41) is 10.5. The van der Waals surface area contributed by atoms with Crippen LogP contribution in [-0.4, -0.2) is 23.2 Å². The second-order valence-electron chi connectivity index (χ2n) is 3.96. The zero-order valence-electron chi connectivity index (χ0n) is 11.0. The minimum atomic E-state index is -1.08. The standard InChI is InChI=1S/C13H13NO6/c1-8(2)12(15)19-9(3)20-13(16)10-4-6-11(7-5-10)14(17)18/h4-7,9H,1H2,2-3H3. The predicted molar refractivity (Wildman–Crippen MR) is 68.9 cm³/mol. The number of nitro benzene ring substituents is 1. The number of nitro groups is 1. The maximum atomic E-state index is 11.7. The van der Waals surface area contributed by atoms with Crippen LogP contribution in [0.4, 0.5) is 5.69 Å². The number of ether oxygens (including phenoxy) is 2. The van der Waals surface area contributed by atoms with E-state index in [0.717, 1.165) is 0 Å². The number of benzene rings is 1. The Morgan fingerprint density at radius 3 is 2.25 bits per heavy atom. The van der Waals surface area contributed by atoms with E-state index in [1.807, 2.05) is 0 Å². The van der Waals surface area contributed by atoms with Gasteiger partial charge in [-0.3, -0.25) is 10.1 Å². The summed E-state index contributed by atoms with van der Waals surface area (Å²) in [6.45, 7) is 6.24. The summed E-state index contributed by atoms with van der Waals surface area (Å²) in [5.41, 5.74) is 0.167. The summed E-state index contributed by atoms with van der Waals surface area (Å²) in [7, 11) is 0. The minimum Gasteiger partial charge on any atom is -0.422 e. The lowest BCUT2D eigenvalue weighted by molar-refractivity contribution is -0.384. The Balaban J connectivity index is 2.64. The summed E-state index contributed by atoms with van der Waals surface area (Å²) < 4.78 is 9.64. The number of hydrogen-bond acceptors (Lipinski definition) is 6. The Bertz CT molecular complexity index is 548. The van der Waals surface area contributed by atoms with Crippen molar-refractivity contribution in [2.24, 2.45) is 0 Å². The monoisotopic (exact) mass is 279 g/mol. The van der Waals surface area contributed by atoms with Gasteiger partial charge in [0, 0.05) is 24.6 Å². The largest absolute Gasteiger partial charge is 0.422 e. The number of nitrogens with zero attached hydrogens (tertiary/aromatic N) is 1. The molecule has 7 nitrogen and oxygen atoms in total. The van der Waals surface area contributed by atoms with Gasteiger partial charge in [0.25, 0.3) is 5.69 Å². The van der Waals surface area contributed by atoms with Gasteiger partial charge in [-0.15, -0.1) is 0 Å². The van der Waals surface area contributed by atoms with Gasteiger partial charge in [0.2, 0.25) is 6.29 Å². The maximum Gasteiger partial charge on any atom is 0.341 e. The number of non-ortho nitro benzene ring substituents is 1. The van der Waals surface area contributed by atoms with E-state index in [2.05, 4.69) is 6.58 Å². The molecule has 0 saturated heterocycles. The highest BCUT2D eigenvalue weighted by molar-refractivity contribution is 5.90. The third-order valence-corrected chi connectivity index (χ3v) is 2.21. The molecule has 0 spiro atoms. The maximum absolute atomic E-state index is 11.7. The first kappa shape index (κ1) is 15.4. The molecule has 7 heteroatoms. The van der Waals surface area contributed by atoms with Gasteiger partial charge in [0.1, 0.15) is 0 Å². The molecular weight excluding hydrogens is 266 g/mol. The minimum absolute atomic E-state index is 0.119. The van der Waals surface area contributed by atoms with E-state index >= 15 is 0 Å². The number of rotatable bonds is 5. The van der Waals surface area contributed by atoms with Gasteiger partial charge in [-0.1, -0.05) is 6.58 Å². The molecule has 0 aliphatic rings. The predicted octanol–water partition coefficient (Wildman–Crippen LogP) is 2.22. The van der Waals surface area contributed by atoms with Crippen LogP contribution in [-0.2, 0) is 14.3 Å². The lowest BCUT2D eigenvalue weighted by Gasteiger charge is -2.13. The van der Waals surface area contributed by atoms with Crippen molar-refractivity contribution in [2.45, 2.75) is 20.1 Å². The molecule has 106 valence electrons. The van der Waals surface area contributed by atoms with Crippen LogP contribution < -0.4 is 0 Å². The molecule has 0 N–H and O–H groups in total. The zero-order valence-corrected chi connectivity index (χ0v) is 11.0. The van der Waals surface area contributed by atoms with Gasteiger partial charge in [0.05, 0.1) is 10.5 Å². The van der Waals surface area contributed by atoms with Crippen LogP contribution in [0.5, 0.6) is 0 Å². The van der Waals surface area contributed by atoms with Gasteiger partial charge in [0.15, 0.2) is 0 Å². The Kier molecular flexibility index (Phi) is 4.96. The average molecular weight is 279 g/mol. The molecule has 0 bridgehead atoms. The van der Waals surface area contributed by atoms with E-state index in [4.69, 9.17) is 9.47 Å². The summed E-state index contributed by atoms with van der Waals surface area (Å²) in [6, 6.07) is 4.88. The molecule has 20 heavy (non-hydrogen) atoms. The van der Waals surface area contributed by atoms with E-state index in [1.54, 1.807) is 0 Å². The first-order valence-corrected chi connectivity index (χ1v) is 5.63. The SMILES string of the molecule is C=C(C)C(=O)OC(C)OC(=O)c1ccc([N+](=O)[O-])cc1. The van der Waals surface area contributed by atoms with Crippen LogP contribution in [0.1, 0.15) is 24.2 Å². The second-order valence-corrected chi connectivity index (χ2v) is 3.96. The topological polar surface area (TPSA) is 95.7 Å². The number of carbonyl (C=O) groups is 2. The van der Waals surface area contributed by atoms with Gasteiger partial charge >= 0.3 is 11.9 Å². The van der Waals surface area contributed by atoms with Crippen molar-refractivity contribution in [3.63, 3.8) is 0 Å². The molecule has 1 atom stereocenters. The lowest BCUT2D eigenvalue weighted by atomic mass is 10.2. The van der Waals surface area contributed by atoms with Gasteiger partial charge < -0.3 is 9.47 Å². The third-order valence-electron chi connectivity index (χ3n) is 2.21. The molecule has 1 aromatic rings. The molecule has 0 aliphatic heterocycles. The highest BCUT2D eigenvalue weighted by Crippen LogP contribution is 2.13. The van der Waals surface area contributed by atoms with E-state index in [9.17, 15) is 19.7 Å². The molecule has 0 fully saturated rings. The fraction of sp³-hybridized carbons (Fsp3) is 0.231. The van der Waals surface area contributed by atoms with Crippen LogP contribution in [0.3, 0.4) is 0 Å². The molecule has 0 heterocycles. The molecule has 0 aliphatic carbocycles. The zero-order chi connectivity index (χ0) is 15.3. The Morgan fingerprint density at radius 1 is 1.25 bits per heavy atom. The van der Waals surface area contributed by atoms with E-state index in [1.165, 1.54) is 38.1 Å². The lowest BCUT2D eigenvalue weighted by Crippen LogP contribution is -2.22. The number of carbonyl (C=O) groups excluding carboxylic acids is 2. The molecule has 1 aromatic carbocycles. The Labute approximate surface area is 114 Å². The van der Waals surface area contributed by atoms with Crippen molar-refractivity contribution in [3.8, 4) is 0 Å². The Hall–Kier alpha value is -2.70. The van der Waals surface area contributed by atoms with Crippen molar-refractivity contribution in [1.29, 1.82) is 0 Å². The van der Waals surface area contributed by atoms with Gasteiger partial charge in [-0.05, 0) is 19.1 Å². The fourth-order valence-electron chi connectivity index (χ4n) is 1.21. The summed E-state index contributed by atoms with van der Waals surface area (Å²) in [6.07, 6.45) is -1.08. The number of hydrogen-bond donors (Lipinski definition) is 0. The normalized spacial score (nSPS) is 11.3. The second kappa shape index (κ2) is 6.46. The molecule has 1 unspecified atom stereocenters. The smallest absolute Gasteiger partial charge is 0.341 e. The summed E-state index contributed by atoms with van der Waals surface area (Å²) >= 11 is 0. The van der Waals surface area contributed by atoms with Crippen molar-refractivity contribution >= 4 is 17.6 Å². The van der Waals surface area contributed by atoms with Gasteiger partial charge in [-0.25, -0.2) is 9.59 Å². The van der Waals surface area contributed by atoms with Crippen LogP contribution >= 0.6 is 0 Å². The molecule has 0 radical (unpaired) electrons. The van der Waals surface area contributed by atoms with Crippen molar-refractivity contribution in [3.05, 3.63) is 52.1 Å². The quantitative estimate of drug-likeness (QED) is 0.269. The van der Waals surface area contributed by atoms with Crippen molar-refractivity contribution in [1.82, 2.24) is 0 Å².